The lowest BCUT2D eigenvalue weighted by molar-refractivity contribution is 0.139. The third-order valence-electron chi connectivity index (χ3n) is 12.5. The minimum atomic E-state index is -1.77. The maximum Gasteiger partial charge on any atom is 0.127 e. The van der Waals surface area contributed by atoms with E-state index in [0.29, 0.717) is 5.92 Å². The topological polar surface area (TPSA) is 3.24 Å². The van der Waals surface area contributed by atoms with Gasteiger partial charge in [0.2, 0.25) is 0 Å². The number of nitrogens with zero attached hydrogens (tertiary/aromatic N) is 1. The van der Waals surface area contributed by atoms with Crippen LogP contribution in [0.4, 0.5) is 0 Å². The fourth-order valence-corrected chi connectivity index (χ4v) is 17.3. The molecule has 4 aliphatic carbocycles. The highest BCUT2D eigenvalue weighted by atomic mass is 28.3. The van der Waals surface area contributed by atoms with Gasteiger partial charge in [-0.25, -0.2) is 0 Å². The molecule has 0 N–H and O–H groups in total. The normalized spacial score (nSPS) is 27.1. The first-order valence-corrected chi connectivity index (χ1v) is 21.9. The summed E-state index contributed by atoms with van der Waals surface area (Å²) in [5, 5.41) is 0. The molecule has 0 aromatic heterocycles. The Bertz CT molecular complexity index is 1120. The predicted octanol–water partition coefficient (Wildman–Crippen LogP) is 12.5. The number of hydrogen-bond donors (Lipinski definition) is 0. The van der Waals surface area contributed by atoms with Crippen LogP contribution in [0.5, 0.6) is 0 Å². The average Bonchev–Trinajstić information content (AvgIpc) is 3.43. The Labute approximate surface area is 268 Å². The summed E-state index contributed by atoms with van der Waals surface area (Å²) in [4.78, 5) is 0. The SMILES string of the molecule is CCCCCCC1(CCCCCC)C2=CC3CC(C)C([Si](C)(C)N(C4CCCCC4)C(C)(C)C)C3C=C2c2ccccc21. The number of benzene rings is 1. The van der Waals surface area contributed by atoms with Gasteiger partial charge in [-0.05, 0) is 98.4 Å². The minimum Gasteiger partial charge on any atom is -0.316 e. The van der Waals surface area contributed by atoms with Gasteiger partial charge in [-0.2, -0.15) is 0 Å². The first-order valence-electron chi connectivity index (χ1n) is 18.9. The third kappa shape index (κ3) is 6.45. The van der Waals surface area contributed by atoms with Gasteiger partial charge in [0.15, 0.2) is 0 Å². The summed E-state index contributed by atoms with van der Waals surface area (Å²) in [5.74, 6) is 2.22. The van der Waals surface area contributed by atoms with Crippen molar-refractivity contribution in [3.63, 3.8) is 0 Å². The van der Waals surface area contributed by atoms with Crippen molar-refractivity contribution in [1.29, 1.82) is 0 Å². The van der Waals surface area contributed by atoms with E-state index in [9.17, 15) is 0 Å². The Kier molecular flexibility index (Phi) is 10.6. The highest BCUT2D eigenvalue weighted by molar-refractivity contribution is 6.76. The van der Waals surface area contributed by atoms with E-state index in [-0.39, 0.29) is 11.0 Å². The molecular formula is C41H67NSi. The van der Waals surface area contributed by atoms with Crippen molar-refractivity contribution in [1.82, 2.24) is 4.57 Å². The molecule has 4 aliphatic rings. The molecule has 2 fully saturated rings. The molecule has 0 spiro atoms. The zero-order valence-corrected chi connectivity index (χ0v) is 30.6. The molecule has 0 aliphatic heterocycles. The Hall–Kier alpha value is -1.12. The van der Waals surface area contributed by atoms with Crippen LogP contribution in [0.15, 0.2) is 42.0 Å². The average molecular weight is 602 g/mol. The quantitative estimate of drug-likeness (QED) is 0.160. The second kappa shape index (κ2) is 13.7. The first kappa shape index (κ1) is 33.2. The van der Waals surface area contributed by atoms with E-state index in [1.807, 2.05) is 0 Å². The van der Waals surface area contributed by atoms with Crippen molar-refractivity contribution in [2.45, 2.75) is 180 Å². The first-order chi connectivity index (χ1) is 20.6. The Morgan fingerprint density at radius 3 is 2.07 bits per heavy atom. The van der Waals surface area contributed by atoms with E-state index in [1.165, 1.54) is 103 Å². The summed E-state index contributed by atoms with van der Waals surface area (Å²) in [5.41, 5.74) is 7.99. The maximum atomic E-state index is 3.16. The smallest absolute Gasteiger partial charge is 0.127 e. The van der Waals surface area contributed by atoms with E-state index < -0.39 is 8.24 Å². The van der Waals surface area contributed by atoms with Gasteiger partial charge in [-0.15, -0.1) is 0 Å². The summed E-state index contributed by atoms with van der Waals surface area (Å²) in [6, 6.07) is 10.5. The summed E-state index contributed by atoms with van der Waals surface area (Å²) in [6.45, 7) is 20.5. The van der Waals surface area contributed by atoms with Crippen molar-refractivity contribution in [2.75, 3.05) is 0 Å². The molecule has 43 heavy (non-hydrogen) atoms. The maximum absolute atomic E-state index is 3.16. The van der Waals surface area contributed by atoms with Crippen LogP contribution in [0.1, 0.15) is 155 Å². The van der Waals surface area contributed by atoms with E-state index in [4.69, 9.17) is 0 Å². The standard InChI is InChI=1S/C41H67NSi/c1-9-11-13-20-26-41(27-21-14-12-10-2)37-25-19-18-24-34(37)36-30-35-32(29-38(36)41)28-31(3)39(35)43(7,8)42(40(4,5)6)33-22-16-15-17-23-33/h18-19,24-25,29-33,35,39H,9-17,20-23,26-28H2,1-8H3. The van der Waals surface area contributed by atoms with Crippen LogP contribution in [0.2, 0.25) is 18.6 Å². The molecule has 4 atom stereocenters. The molecule has 0 saturated heterocycles. The fraction of sp³-hybridized carbons (Fsp3) is 0.756. The molecule has 0 bridgehead atoms. The highest BCUT2D eigenvalue weighted by Crippen LogP contribution is 2.63. The zero-order valence-electron chi connectivity index (χ0n) is 29.6. The van der Waals surface area contributed by atoms with Crippen LogP contribution in [0, 0.1) is 17.8 Å². The van der Waals surface area contributed by atoms with Gasteiger partial charge in [0.05, 0.1) is 0 Å². The van der Waals surface area contributed by atoms with Crippen LogP contribution in [0.3, 0.4) is 0 Å². The monoisotopic (exact) mass is 602 g/mol. The summed E-state index contributed by atoms with van der Waals surface area (Å²) in [7, 11) is -1.77. The van der Waals surface area contributed by atoms with Gasteiger partial charge in [-0.3, -0.25) is 0 Å². The van der Waals surface area contributed by atoms with Crippen LogP contribution >= 0.6 is 0 Å². The molecule has 1 aromatic rings. The van der Waals surface area contributed by atoms with E-state index >= 15 is 0 Å². The Morgan fingerprint density at radius 1 is 0.837 bits per heavy atom. The summed E-state index contributed by atoms with van der Waals surface area (Å²) in [6.07, 6.45) is 27.9. The molecule has 5 rings (SSSR count). The molecule has 0 radical (unpaired) electrons. The Morgan fingerprint density at radius 2 is 1.47 bits per heavy atom. The van der Waals surface area contributed by atoms with Crippen molar-refractivity contribution >= 4 is 13.8 Å². The number of rotatable bonds is 13. The number of hydrogen-bond acceptors (Lipinski definition) is 1. The number of fused-ring (bicyclic) bond motifs is 4. The van der Waals surface area contributed by atoms with Crippen LogP contribution in [-0.2, 0) is 5.41 Å². The summed E-state index contributed by atoms with van der Waals surface area (Å²) >= 11 is 0. The molecule has 2 saturated carbocycles. The van der Waals surface area contributed by atoms with Gasteiger partial charge in [-0.1, -0.05) is 141 Å². The van der Waals surface area contributed by atoms with Gasteiger partial charge in [0, 0.05) is 17.0 Å². The van der Waals surface area contributed by atoms with E-state index in [0.717, 1.165) is 23.4 Å². The van der Waals surface area contributed by atoms with Crippen LogP contribution in [0.25, 0.3) is 5.57 Å². The lowest BCUT2D eigenvalue weighted by Crippen LogP contribution is -2.65. The zero-order chi connectivity index (χ0) is 30.8. The second-order valence-electron chi connectivity index (χ2n) is 16.9. The van der Waals surface area contributed by atoms with Gasteiger partial charge in [0.25, 0.3) is 0 Å². The number of allylic oxidation sites excluding steroid dienone is 4. The third-order valence-corrected chi connectivity index (χ3v) is 17.3. The predicted molar refractivity (Wildman–Crippen MR) is 192 cm³/mol. The molecule has 240 valence electrons. The second-order valence-corrected chi connectivity index (χ2v) is 21.3. The Balaban J connectivity index is 1.53. The molecule has 0 amide bonds. The number of unbranched alkanes of at least 4 members (excludes halogenated alkanes) is 6. The fourth-order valence-electron chi connectivity index (χ4n) is 11.2. The molecule has 2 heteroatoms. The van der Waals surface area contributed by atoms with Gasteiger partial charge >= 0.3 is 0 Å². The molecule has 1 aromatic carbocycles. The molecule has 4 unspecified atom stereocenters. The van der Waals surface area contributed by atoms with E-state index in [1.54, 1.807) is 22.3 Å². The van der Waals surface area contributed by atoms with Crippen LogP contribution in [-0.4, -0.2) is 24.4 Å². The van der Waals surface area contributed by atoms with Crippen molar-refractivity contribution in [3.05, 3.63) is 53.1 Å². The molecular weight excluding hydrogens is 535 g/mol. The van der Waals surface area contributed by atoms with Gasteiger partial charge in [0.1, 0.15) is 8.24 Å². The molecule has 1 nitrogen and oxygen atoms in total. The van der Waals surface area contributed by atoms with Crippen molar-refractivity contribution < 1.29 is 0 Å². The van der Waals surface area contributed by atoms with Crippen LogP contribution < -0.4 is 0 Å². The lowest BCUT2D eigenvalue weighted by Gasteiger charge is -2.56. The highest BCUT2D eigenvalue weighted by Gasteiger charge is 2.56. The van der Waals surface area contributed by atoms with Gasteiger partial charge < -0.3 is 4.57 Å². The van der Waals surface area contributed by atoms with E-state index in [2.05, 4.69) is 95.6 Å². The van der Waals surface area contributed by atoms with Crippen molar-refractivity contribution in [3.8, 4) is 0 Å². The molecule has 0 heterocycles. The summed E-state index contributed by atoms with van der Waals surface area (Å²) < 4.78 is 3.16. The largest absolute Gasteiger partial charge is 0.316 e. The van der Waals surface area contributed by atoms with Crippen molar-refractivity contribution in [2.24, 2.45) is 17.8 Å². The minimum absolute atomic E-state index is 0.239. The lowest BCUT2D eigenvalue weighted by atomic mass is 9.68.